The van der Waals surface area contributed by atoms with E-state index in [0.29, 0.717) is 66.3 Å². The third kappa shape index (κ3) is 11.9. The van der Waals surface area contributed by atoms with E-state index < -0.39 is 0 Å². The van der Waals surface area contributed by atoms with Crippen LogP contribution >= 0.6 is 0 Å². The second kappa shape index (κ2) is 16.9. The quantitative estimate of drug-likeness (QED) is 0.148. The van der Waals surface area contributed by atoms with E-state index in [2.05, 4.69) is 0 Å². The van der Waals surface area contributed by atoms with E-state index in [4.69, 9.17) is 28.4 Å². The second-order valence-corrected chi connectivity index (χ2v) is 5.78. The molecule has 0 unspecified atom stereocenters. The highest BCUT2D eigenvalue weighted by atomic mass is 127. The molecule has 0 aliphatic carbocycles. The molecule has 7 nitrogen and oxygen atoms in total. The predicted octanol–water partition coefficient (Wildman–Crippen LogP) is -2.12. The van der Waals surface area contributed by atoms with Crippen LogP contribution < -0.4 is 24.0 Å². The Morgan fingerprint density at radius 2 is 0.958 bits per heavy atom. The van der Waals surface area contributed by atoms with Crippen LogP contribution in [0.1, 0.15) is 12.8 Å². The van der Waals surface area contributed by atoms with Crippen molar-refractivity contribution in [2.75, 3.05) is 93.6 Å². The van der Waals surface area contributed by atoms with Gasteiger partial charge >= 0.3 is 0 Å². The van der Waals surface area contributed by atoms with E-state index in [1.54, 1.807) is 14.2 Å². The summed E-state index contributed by atoms with van der Waals surface area (Å²) in [5.74, 6) is 0. The van der Waals surface area contributed by atoms with Crippen molar-refractivity contribution in [2.24, 2.45) is 0 Å². The van der Waals surface area contributed by atoms with Crippen LogP contribution in [0.25, 0.3) is 0 Å². The van der Waals surface area contributed by atoms with Gasteiger partial charge in [-0.1, -0.05) is 0 Å². The first-order valence-corrected chi connectivity index (χ1v) is 8.47. The van der Waals surface area contributed by atoms with Gasteiger partial charge in [0.1, 0.15) is 0 Å². The first-order valence-electron chi connectivity index (χ1n) is 8.47. The first kappa shape index (κ1) is 24.5. The van der Waals surface area contributed by atoms with Gasteiger partial charge in [-0.15, -0.1) is 0 Å². The van der Waals surface area contributed by atoms with Crippen molar-refractivity contribution in [2.45, 2.75) is 12.8 Å². The molecule has 0 radical (unpaired) electrons. The topological polar surface area (TPSA) is 55.4 Å². The van der Waals surface area contributed by atoms with E-state index in [1.807, 2.05) is 0 Å². The highest BCUT2D eigenvalue weighted by molar-refractivity contribution is 4.50. The number of ether oxygens (including phenoxy) is 6. The van der Waals surface area contributed by atoms with Crippen LogP contribution in [0, 0.1) is 0 Å². The normalized spacial score (nSPS) is 16.2. The van der Waals surface area contributed by atoms with Gasteiger partial charge in [-0.25, -0.2) is 0 Å². The van der Waals surface area contributed by atoms with Crippen molar-refractivity contribution >= 4 is 0 Å². The van der Waals surface area contributed by atoms with E-state index in [1.165, 1.54) is 12.8 Å². The van der Waals surface area contributed by atoms with Crippen molar-refractivity contribution in [3.63, 3.8) is 0 Å². The van der Waals surface area contributed by atoms with Gasteiger partial charge in [0.25, 0.3) is 0 Å². The molecule has 0 amide bonds. The van der Waals surface area contributed by atoms with Crippen LogP contribution in [-0.2, 0) is 28.4 Å². The van der Waals surface area contributed by atoms with Crippen LogP contribution in [0.2, 0.25) is 0 Å². The molecule has 0 atom stereocenters. The Morgan fingerprint density at radius 3 is 1.38 bits per heavy atom. The molecule has 1 aliphatic rings. The van der Waals surface area contributed by atoms with Gasteiger partial charge in [0.05, 0.1) is 65.9 Å². The molecule has 1 saturated heterocycles. The van der Waals surface area contributed by atoms with Crippen molar-refractivity contribution in [1.29, 1.82) is 0 Å². The standard InChI is InChI=1S/C16H34NO6.HI/c1-18-7-9-20-11-13-22-15-17(5-3-4-6-17)16-23-14-12-21-10-8-19-2;/h3-16H2,1-2H3;1H/q+1;/p-1. The monoisotopic (exact) mass is 463 g/mol. The van der Waals surface area contributed by atoms with Crippen molar-refractivity contribution in [1.82, 2.24) is 0 Å². The number of likely N-dealkylation sites (tertiary alicyclic amines) is 1. The van der Waals surface area contributed by atoms with Gasteiger partial charge in [-0.2, -0.15) is 0 Å². The highest BCUT2D eigenvalue weighted by Crippen LogP contribution is 2.19. The molecule has 1 heterocycles. The van der Waals surface area contributed by atoms with E-state index >= 15 is 0 Å². The Morgan fingerprint density at radius 1 is 0.583 bits per heavy atom. The second-order valence-electron chi connectivity index (χ2n) is 5.78. The fourth-order valence-corrected chi connectivity index (χ4v) is 2.54. The summed E-state index contributed by atoms with van der Waals surface area (Å²) in [4.78, 5) is 0. The van der Waals surface area contributed by atoms with Crippen LogP contribution in [0.4, 0.5) is 0 Å². The van der Waals surface area contributed by atoms with Crippen molar-refractivity contribution in [3.05, 3.63) is 0 Å². The maximum atomic E-state index is 5.79. The average molecular weight is 463 g/mol. The maximum absolute atomic E-state index is 5.79. The minimum atomic E-state index is 0. The zero-order chi connectivity index (χ0) is 16.6. The van der Waals surface area contributed by atoms with Gasteiger partial charge in [0.15, 0.2) is 13.5 Å². The first-order chi connectivity index (χ1) is 11.3. The number of rotatable bonds is 16. The summed E-state index contributed by atoms with van der Waals surface area (Å²) in [6.45, 7) is 8.56. The summed E-state index contributed by atoms with van der Waals surface area (Å²) in [6.07, 6.45) is 2.47. The summed E-state index contributed by atoms with van der Waals surface area (Å²) in [5, 5.41) is 0. The Hall–Kier alpha value is 0.450. The summed E-state index contributed by atoms with van der Waals surface area (Å²) in [7, 11) is 3.34. The predicted molar refractivity (Wildman–Crippen MR) is 86.3 cm³/mol. The van der Waals surface area contributed by atoms with Crippen LogP contribution in [0.5, 0.6) is 0 Å². The van der Waals surface area contributed by atoms with Crippen LogP contribution in [0.3, 0.4) is 0 Å². The Labute approximate surface area is 163 Å². The highest BCUT2D eigenvalue weighted by Gasteiger charge is 2.32. The third-order valence-electron chi connectivity index (χ3n) is 3.85. The van der Waals surface area contributed by atoms with E-state index in [9.17, 15) is 0 Å². The fraction of sp³-hybridized carbons (Fsp3) is 1.00. The molecule has 1 fully saturated rings. The lowest BCUT2D eigenvalue weighted by Crippen LogP contribution is -3.00. The van der Waals surface area contributed by atoms with Gasteiger partial charge in [0.2, 0.25) is 0 Å². The maximum Gasteiger partial charge on any atom is 0.185 e. The van der Waals surface area contributed by atoms with Crippen LogP contribution in [0.15, 0.2) is 0 Å². The molecule has 0 spiro atoms. The molecule has 0 N–H and O–H groups in total. The molecule has 1 aliphatic heterocycles. The lowest BCUT2D eigenvalue weighted by Gasteiger charge is -2.33. The summed E-state index contributed by atoms with van der Waals surface area (Å²) < 4.78 is 33.1. The van der Waals surface area contributed by atoms with E-state index in [-0.39, 0.29) is 24.0 Å². The molecule has 0 aromatic rings. The molecule has 0 aromatic heterocycles. The lowest BCUT2D eigenvalue weighted by atomic mass is 10.4. The Balaban J connectivity index is 0.00000529. The molecule has 1 rings (SSSR count). The summed E-state index contributed by atoms with van der Waals surface area (Å²) >= 11 is 0. The number of nitrogens with zero attached hydrogens (tertiary/aromatic N) is 1. The minimum Gasteiger partial charge on any atom is -1.00 e. The lowest BCUT2D eigenvalue weighted by molar-refractivity contribution is -0.952. The molecule has 0 bridgehead atoms. The molecule has 8 heteroatoms. The average Bonchev–Trinajstić information content (AvgIpc) is 3.02. The molecular weight excluding hydrogens is 429 g/mol. The number of hydrogen-bond acceptors (Lipinski definition) is 6. The van der Waals surface area contributed by atoms with Gasteiger partial charge in [0, 0.05) is 27.1 Å². The van der Waals surface area contributed by atoms with Gasteiger partial charge < -0.3 is 52.4 Å². The minimum absolute atomic E-state index is 0. The SMILES string of the molecule is COCCOCCOC[N+]1(COCCOCCOC)CCCC1.[I-]. The Kier molecular flexibility index (Phi) is 17.2. The van der Waals surface area contributed by atoms with Crippen molar-refractivity contribution < 1.29 is 56.9 Å². The molecule has 146 valence electrons. The van der Waals surface area contributed by atoms with Gasteiger partial charge in [-0.05, 0) is 0 Å². The number of quaternary nitrogens is 1. The van der Waals surface area contributed by atoms with Crippen molar-refractivity contribution in [3.8, 4) is 0 Å². The summed E-state index contributed by atoms with van der Waals surface area (Å²) in [5.41, 5.74) is 0. The number of hydrogen-bond donors (Lipinski definition) is 0. The van der Waals surface area contributed by atoms with Crippen LogP contribution in [-0.4, -0.2) is 98.1 Å². The zero-order valence-corrected chi connectivity index (χ0v) is 17.3. The van der Waals surface area contributed by atoms with E-state index in [0.717, 1.165) is 17.6 Å². The van der Waals surface area contributed by atoms with Gasteiger partial charge in [-0.3, -0.25) is 4.48 Å². The molecular formula is C16H34INO6. The molecule has 0 aromatic carbocycles. The smallest absolute Gasteiger partial charge is 0.185 e. The summed E-state index contributed by atoms with van der Waals surface area (Å²) in [6, 6.07) is 0. The largest absolute Gasteiger partial charge is 1.00 e. The number of halogens is 1. The molecule has 0 saturated carbocycles. The number of methoxy groups -OCH3 is 2. The fourth-order valence-electron chi connectivity index (χ4n) is 2.54. The molecule has 24 heavy (non-hydrogen) atoms. The Bertz CT molecular complexity index is 247. The third-order valence-corrected chi connectivity index (χ3v) is 3.85. The zero-order valence-electron chi connectivity index (χ0n) is 15.2.